The second-order valence-electron chi connectivity index (χ2n) is 14.0. The predicted octanol–water partition coefficient (Wildman–Crippen LogP) is 7.32. The van der Waals surface area contributed by atoms with E-state index in [4.69, 9.17) is 0 Å². The largest absolute Gasteiger partial charge is 0.117 e. The highest BCUT2D eigenvalue weighted by Gasteiger charge is 2.47. The third-order valence-corrected chi connectivity index (χ3v) is 17.2. The molecule has 0 aliphatic heterocycles. The molecular weight excluding hydrogens is 505 g/mol. The molecule has 200 valence electrons. The first-order valence-electron chi connectivity index (χ1n) is 14.2. The molecule has 0 nitrogen and oxygen atoms in total. The lowest BCUT2D eigenvalue weighted by Gasteiger charge is -2.39. The van der Waals surface area contributed by atoms with Crippen LogP contribution in [0.2, 0.25) is 44.3 Å². The van der Waals surface area contributed by atoms with E-state index in [1.54, 1.807) is 31.9 Å². The van der Waals surface area contributed by atoms with Crippen molar-refractivity contribution in [2.75, 3.05) is 0 Å². The summed E-state index contributed by atoms with van der Waals surface area (Å²) in [7, 11) is -4.47. The zero-order valence-electron chi connectivity index (χ0n) is 25.9. The van der Waals surface area contributed by atoms with Crippen molar-refractivity contribution >= 4 is 51.3 Å². The van der Waals surface area contributed by atoms with Gasteiger partial charge in [0.15, 0.2) is 0 Å². The van der Waals surface area contributed by atoms with Crippen molar-refractivity contribution in [1.82, 2.24) is 0 Å². The average molecular weight is 553 g/mol. The minimum Gasteiger partial charge on any atom is -0.0656 e. The fourth-order valence-corrected chi connectivity index (χ4v) is 13.2. The summed E-state index contributed by atoms with van der Waals surface area (Å²) in [4.78, 5) is 0. The van der Waals surface area contributed by atoms with Gasteiger partial charge in [-0.1, -0.05) is 150 Å². The van der Waals surface area contributed by atoms with Crippen LogP contribution in [0.1, 0.15) is 44.4 Å². The van der Waals surface area contributed by atoms with E-state index in [1.165, 1.54) is 27.8 Å². The van der Waals surface area contributed by atoms with E-state index in [0.29, 0.717) is 0 Å². The molecule has 1 aliphatic rings. The lowest BCUT2D eigenvalue weighted by molar-refractivity contribution is 0.901. The Balaban J connectivity index is 2.00. The molecule has 1 aliphatic carbocycles. The quantitative estimate of drug-likeness (QED) is 0.281. The molecule has 0 spiro atoms. The zero-order valence-corrected chi connectivity index (χ0v) is 29.1. The fraction of sp³-hybridized carbons (Fsp3) is 0.371. The second kappa shape index (κ2) is 10.1. The van der Waals surface area contributed by atoms with Crippen LogP contribution in [-0.4, -0.2) is 24.9 Å². The van der Waals surface area contributed by atoms with E-state index < -0.39 is 24.9 Å². The van der Waals surface area contributed by atoms with E-state index in [0.717, 1.165) is 0 Å². The maximum absolute atomic E-state index is 2.57. The third-order valence-electron chi connectivity index (χ3n) is 9.11. The van der Waals surface area contributed by atoms with Crippen molar-refractivity contribution in [1.29, 1.82) is 0 Å². The number of rotatable bonds is 6. The van der Waals surface area contributed by atoms with Gasteiger partial charge in [-0.2, -0.15) is 0 Å². The topological polar surface area (TPSA) is 0 Å². The molecule has 3 aromatic carbocycles. The van der Waals surface area contributed by atoms with Crippen molar-refractivity contribution < 1.29 is 0 Å². The van der Waals surface area contributed by atoms with Gasteiger partial charge in [-0.05, 0) is 56.9 Å². The van der Waals surface area contributed by atoms with Crippen LogP contribution in [0.15, 0.2) is 83.4 Å². The van der Waals surface area contributed by atoms with Crippen LogP contribution in [0, 0.1) is 13.8 Å². The van der Waals surface area contributed by atoms with Gasteiger partial charge in [-0.15, -0.1) is 0 Å². The SMILES string of the molecule is CC1=C(C)C(C)([SiH](c2ccc([Si](C)(C)C)cc2)c2ccc([Si](C)(C)C)cc2)C(c2cc(C)cc(C)c2)=C1C. The van der Waals surface area contributed by atoms with Crippen LogP contribution >= 0.6 is 0 Å². The average Bonchev–Trinajstić information content (AvgIpc) is 2.98. The Morgan fingerprint density at radius 3 is 1.32 bits per heavy atom. The number of hydrogen-bond donors (Lipinski definition) is 0. The highest BCUT2D eigenvalue weighted by molar-refractivity contribution is 6.91. The van der Waals surface area contributed by atoms with Crippen LogP contribution in [0.4, 0.5) is 0 Å². The molecule has 0 saturated heterocycles. The highest BCUT2D eigenvalue weighted by atomic mass is 28.3. The molecule has 0 fully saturated rings. The van der Waals surface area contributed by atoms with Gasteiger partial charge < -0.3 is 0 Å². The summed E-state index contributed by atoms with van der Waals surface area (Å²) in [5.41, 5.74) is 10.2. The predicted molar refractivity (Wildman–Crippen MR) is 181 cm³/mol. The van der Waals surface area contributed by atoms with Crippen molar-refractivity contribution in [2.45, 2.75) is 85.9 Å². The minimum absolute atomic E-state index is 0.00421. The Morgan fingerprint density at radius 2 is 0.947 bits per heavy atom. The first kappa shape index (κ1) is 28.8. The van der Waals surface area contributed by atoms with E-state index >= 15 is 0 Å². The van der Waals surface area contributed by atoms with Crippen LogP contribution < -0.4 is 20.7 Å². The van der Waals surface area contributed by atoms with Crippen LogP contribution in [0.3, 0.4) is 0 Å². The summed E-state index contributed by atoms with van der Waals surface area (Å²) in [6.07, 6.45) is 0. The number of benzene rings is 3. The van der Waals surface area contributed by atoms with Crippen molar-refractivity contribution in [3.63, 3.8) is 0 Å². The van der Waals surface area contributed by atoms with E-state index in [2.05, 4.69) is 148 Å². The van der Waals surface area contributed by atoms with Gasteiger partial charge >= 0.3 is 0 Å². The Morgan fingerprint density at radius 1 is 0.553 bits per heavy atom. The lowest BCUT2D eigenvalue weighted by atomic mass is 9.89. The highest BCUT2D eigenvalue weighted by Crippen LogP contribution is 2.58. The van der Waals surface area contributed by atoms with Crippen molar-refractivity contribution in [3.05, 3.63) is 100 Å². The third kappa shape index (κ3) is 5.17. The molecule has 0 radical (unpaired) electrons. The molecule has 3 heteroatoms. The molecule has 0 saturated carbocycles. The Labute approximate surface area is 236 Å². The standard InChI is InChI=1S/C35H48Si3/c1-24-21-25(2)23-29(22-24)34-27(4)26(3)28(5)35(34,6)36(30-13-17-32(18-14-30)37(7,8)9)31-15-19-33(20-16-31)38(10,11)12/h13-23,36H,1-12H3. The van der Waals surface area contributed by atoms with Crippen molar-refractivity contribution in [2.24, 2.45) is 0 Å². The van der Waals surface area contributed by atoms with Gasteiger partial charge in [0, 0.05) is 5.04 Å². The summed E-state index contributed by atoms with van der Waals surface area (Å²) >= 11 is 0. The summed E-state index contributed by atoms with van der Waals surface area (Å²) in [5, 5.41) is 6.20. The minimum atomic E-state index is -1.75. The molecular formula is C35H48Si3. The maximum atomic E-state index is 2.57. The molecule has 0 N–H and O–H groups in total. The maximum Gasteiger partial charge on any atom is 0.117 e. The van der Waals surface area contributed by atoms with Gasteiger partial charge in [-0.3, -0.25) is 0 Å². The van der Waals surface area contributed by atoms with Crippen LogP contribution in [-0.2, 0) is 0 Å². The van der Waals surface area contributed by atoms with Crippen molar-refractivity contribution in [3.8, 4) is 0 Å². The van der Waals surface area contributed by atoms with Gasteiger partial charge in [0.05, 0.1) is 16.1 Å². The zero-order chi connectivity index (χ0) is 28.2. The number of allylic oxidation sites excluding steroid dienone is 4. The van der Waals surface area contributed by atoms with Gasteiger partial charge in [0.25, 0.3) is 0 Å². The van der Waals surface area contributed by atoms with Crippen LogP contribution in [0.5, 0.6) is 0 Å². The molecule has 38 heavy (non-hydrogen) atoms. The molecule has 3 aromatic rings. The molecule has 4 rings (SSSR count). The van der Waals surface area contributed by atoms with Gasteiger partial charge in [0.2, 0.25) is 0 Å². The lowest BCUT2D eigenvalue weighted by Crippen LogP contribution is -2.53. The first-order valence-corrected chi connectivity index (χ1v) is 23.0. The van der Waals surface area contributed by atoms with E-state index in [-0.39, 0.29) is 5.04 Å². The van der Waals surface area contributed by atoms with Crippen LogP contribution in [0.25, 0.3) is 5.57 Å². The first-order chi connectivity index (χ1) is 17.5. The molecule has 1 unspecified atom stereocenters. The van der Waals surface area contributed by atoms with E-state index in [9.17, 15) is 0 Å². The summed E-state index contributed by atoms with van der Waals surface area (Å²) in [6, 6.07) is 26.9. The molecule has 1 atom stereocenters. The molecule has 0 amide bonds. The molecule has 0 bridgehead atoms. The molecule has 0 heterocycles. The fourth-order valence-electron chi connectivity index (χ4n) is 6.64. The normalized spacial score (nSPS) is 18.7. The number of hydrogen-bond acceptors (Lipinski definition) is 0. The smallest absolute Gasteiger partial charge is 0.0656 e. The summed E-state index contributed by atoms with van der Waals surface area (Å²) < 4.78 is 0. The van der Waals surface area contributed by atoms with Gasteiger partial charge in [-0.25, -0.2) is 0 Å². The summed E-state index contributed by atoms with van der Waals surface area (Å²) in [6.45, 7) is 28.9. The Hall–Kier alpha value is -2.21. The Kier molecular flexibility index (Phi) is 7.63. The summed E-state index contributed by atoms with van der Waals surface area (Å²) in [5.74, 6) is 0. The van der Waals surface area contributed by atoms with Gasteiger partial charge in [0.1, 0.15) is 8.80 Å². The monoisotopic (exact) mass is 552 g/mol. The second-order valence-corrected chi connectivity index (χ2v) is 27.5. The Bertz CT molecular complexity index is 1330. The number of aryl methyl sites for hydroxylation is 2. The molecule has 0 aromatic heterocycles. The van der Waals surface area contributed by atoms with E-state index in [1.807, 2.05) is 0 Å².